The number of aliphatic hydroxyl groups is 1. The Hall–Kier alpha value is -1.12. The van der Waals surface area contributed by atoms with Gasteiger partial charge in [-0.15, -0.1) is 0 Å². The third-order valence-electron chi connectivity index (χ3n) is 3.95. The van der Waals surface area contributed by atoms with E-state index in [1.807, 2.05) is 0 Å². The molecule has 0 atom stereocenters. The van der Waals surface area contributed by atoms with Gasteiger partial charge in [-0.05, 0) is 25.8 Å². The maximum absolute atomic E-state index is 8.81. The van der Waals surface area contributed by atoms with Gasteiger partial charge < -0.3 is 5.11 Å². The van der Waals surface area contributed by atoms with E-state index in [9.17, 15) is 0 Å². The van der Waals surface area contributed by atoms with Crippen LogP contribution in [0.4, 0.5) is 0 Å². The summed E-state index contributed by atoms with van der Waals surface area (Å²) in [5, 5.41) is 8.81. The lowest BCUT2D eigenvalue weighted by molar-refractivity contribution is 0.264. The van der Waals surface area contributed by atoms with Crippen LogP contribution >= 0.6 is 0 Å². The van der Waals surface area contributed by atoms with Crippen molar-refractivity contribution in [2.45, 2.75) is 32.1 Å². The van der Waals surface area contributed by atoms with Crippen LogP contribution in [0.3, 0.4) is 0 Å². The summed E-state index contributed by atoms with van der Waals surface area (Å²) in [6.07, 6.45) is 21.2. The molecular formula is C18H27NO. The van der Waals surface area contributed by atoms with Gasteiger partial charge in [-0.3, -0.25) is 4.90 Å². The number of rotatable bonds is 10. The summed E-state index contributed by atoms with van der Waals surface area (Å²) in [5.74, 6) is 0.586. The van der Waals surface area contributed by atoms with E-state index < -0.39 is 0 Å². The summed E-state index contributed by atoms with van der Waals surface area (Å²) < 4.78 is 0. The molecule has 0 aliphatic heterocycles. The van der Waals surface area contributed by atoms with Gasteiger partial charge in [0.05, 0.1) is 0 Å². The van der Waals surface area contributed by atoms with E-state index in [1.54, 1.807) is 0 Å². The predicted molar refractivity (Wildman–Crippen MR) is 85.6 cm³/mol. The average Bonchev–Trinajstić information content (AvgIpc) is 3.12. The maximum atomic E-state index is 8.81. The van der Waals surface area contributed by atoms with Gasteiger partial charge in [-0.2, -0.15) is 0 Å². The summed E-state index contributed by atoms with van der Waals surface area (Å²) in [6, 6.07) is 0. The van der Waals surface area contributed by atoms with Crippen LogP contribution in [0.15, 0.2) is 48.1 Å². The average molecular weight is 273 g/mol. The van der Waals surface area contributed by atoms with Crippen molar-refractivity contribution >= 4 is 0 Å². The summed E-state index contributed by atoms with van der Waals surface area (Å²) in [4.78, 5) is 2.59. The Morgan fingerprint density at radius 3 is 2.55 bits per heavy atom. The van der Waals surface area contributed by atoms with Crippen molar-refractivity contribution in [2.75, 3.05) is 26.2 Å². The second kappa shape index (κ2) is 8.93. The van der Waals surface area contributed by atoms with Gasteiger partial charge >= 0.3 is 0 Å². The largest absolute Gasteiger partial charge is 0.396 e. The topological polar surface area (TPSA) is 23.5 Å². The molecule has 0 radical (unpaired) electrons. The van der Waals surface area contributed by atoms with E-state index in [-0.39, 0.29) is 0 Å². The van der Waals surface area contributed by atoms with E-state index in [0.29, 0.717) is 12.5 Å². The number of unbranched alkanes of at least 4 members (excludes halogenated alkanes) is 3. The molecule has 0 aromatic heterocycles. The van der Waals surface area contributed by atoms with E-state index in [2.05, 4.69) is 47.4 Å². The van der Waals surface area contributed by atoms with Crippen LogP contribution in [0.5, 0.6) is 0 Å². The lowest BCUT2D eigenvalue weighted by atomic mass is 10.1. The van der Waals surface area contributed by atoms with E-state index in [4.69, 9.17) is 5.11 Å². The lowest BCUT2D eigenvalue weighted by Crippen LogP contribution is -2.31. The van der Waals surface area contributed by atoms with E-state index in [0.717, 1.165) is 32.4 Å². The molecule has 110 valence electrons. The Morgan fingerprint density at radius 1 is 1.05 bits per heavy atom. The van der Waals surface area contributed by atoms with Crippen LogP contribution in [0.25, 0.3) is 0 Å². The first-order valence-corrected chi connectivity index (χ1v) is 7.91. The van der Waals surface area contributed by atoms with Crippen LogP contribution in [0, 0.1) is 5.92 Å². The molecular weight excluding hydrogens is 246 g/mol. The standard InChI is InChI=1S/C18H27NO/c20-14-8-2-1-7-13-19(15-17-9-3-4-10-17)16-18-11-5-6-12-18/h3-6,9-11,17,20H,1-2,7-8,12-16H2. The molecule has 0 heterocycles. The Labute approximate surface area is 123 Å². The first kappa shape index (κ1) is 15.3. The van der Waals surface area contributed by atoms with Gasteiger partial charge in [0.15, 0.2) is 0 Å². The summed E-state index contributed by atoms with van der Waals surface area (Å²) >= 11 is 0. The van der Waals surface area contributed by atoms with Crippen LogP contribution in [0.2, 0.25) is 0 Å². The number of hydrogen-bond donors (Lipinski definition) is 1. The fourth-order valence-electron chi connectivity index (χ4n) is 2.83. The molecule has 0 aromatic carbocycles. The normalized spacial score (nSPS) is 17.6. The summed E-state index contributed by atoms with van der Waals surface area (Å²) in [5.41, 5.74) is 1.53. The van der Waals surface area contributed by atoms with Crippen molar-refractivity contribution in [1.29, 1.82) is 0 Å². The molecule has 2 rings (SSSR count). The van der Waals surface area contributed by atoms with Crippen molar-refractivity contribution in [3.05, 3.63) is 48.1 Å². The molecule has 0 unspecified atom stereocenters. The molecule has 0 fully saturated rings. The molecule has 2 heteroatoms. The molecule has 0 aromatic rings. The fraction of sp³-hybridized carbons (Fsp3) is 0.556. The molecule has 20 heavy (non-hydrogen) atoms. The van der Waals surface area contributed by atoms with Crippen molar-refractivity contribution in [1.82, 2.24) is 4.90 Å². The lowest BCUT2D eigenvalue weighted by Gasteiger charge is -2.25. The van der Waals surface area contributed by atoms with E-state index in [1.165, 1.54) is 25.0 Å². The van der Waals surface area contributed by atoms with Gasteiger partial charge in [0.25, 0.3) is 0 Å². The van der Waals surface area contributed by atoms with Crippen LogP contribution in [0.1, 0.15) is 32.1 Å². The molecule has 0 saturated heterocycles. The quantitative estimate of drug-likeness (QED) is 0.616. The number of aliphatic hydroxyl groups excluding tert-OH is 1. The Balaban J connectivity index is 1.73. The monoisotopic (exact) mass is 273 g/mol. The SMILES string of the molecule is OCCCCCCN(CC1=CC=CC1)CC1C=CC=C1. The maximum Gasteiger partial charge on any atom is 0.0431 e. The molecule has 1 N–H and O–H groups in total. The highest BCUT2D eigenvalue weighted by Gasteiger charge is 2.13. The van der Waals surface area contributed by atoms with Crippen LogP contribution in [-0.2, 0) is 0 Å². The Morgan fingerprint density at radius 2 is 1.85 bits per heavy atom. The third-order valence-corrected chi connectivity index (χ3v) is 3.95. The predicted octanol–water partition coefficient (Wildman–Crippen LogP) is 3.47. The summed E-state index contributed by atoms with van der Waals surface area (Å²) in [6.45, 7) is 3.73. The van der Waals surface area contributed by atoms with Crippen molar-refractivity contribution < 1.29 is 5.11 Å². The smallest absolute Gasteiger partial charge is 0.0431 e. The minimum atomic E-state index is 0.333. The molecule has 0 bridgehead atoms. The fourth-order valence-corrected chi connectivity index (χ4v) is 2.83. The van der Waals surface area contributed by atoms with Gasteiger partial charge in [0, 0.05) is 25.6 Å². The van der Waals surface area contributed by atoms with Crippen LogP contribution in [-0.4, -0.2) is 36.2 Å². The first-order chi connectivity index (χ1) is 9.88. The zero-order chi connectivity index (χ0) is 14.0. The Kier molecular flexibility index (Phi) is 6.82. The summed E-state index contributed by atoms with van der Waals surface area (Å²) in [7, 11) is 0. The van der Waals surface area contributed by atoms with Crippen molar-refractivity contribution in [3.63, 3.8) is 0 Å². The zero-order valence-corrected chi connectivity index (χ0v) is 12.4. The molecule has 2 nitrogen and oxygen atoms in total. The minimum Gasteiger partial charge on any atom is -0.396 e. The zero-order valence-electron chi connectivity index (χ0n) is 12.4. The second-order valence-electron chi connectivity index (χ2n) is 5.76. The highest BCUT2D eigenvalue weighted by Crippen LogP contribution is 2.16. The number of hydrogen-bond acceptors (Lipinski definition) is 2. The number of nitrogens with zero attached hydrogens (tertiary/aromatic N) is 1. The molecule has 0 saturated carbocycles. The molecule has 2 aliphatic carbocycles. The van der Waals surface area contributed by atoms with Gasteiger partial charge in [0.2, 0.25) is 0 Å². The number of allylic oxidation sites excluding steroid dienone is 5. The Bertz CT molecular complexity index is 380. The van der Waals surface area contributed by atoms with Crippen LogP contribution < -0.4 is 0 Å². The molecule has 0 amide bonds. The second-order valence-corrected chi connectivity index (χ2v) is 5.76. The van der Waals surface area contributed by atoms with Gasteiger partial charge in [0.1, 0.15) is 0 Å². The third kappa shape index (κ3) is 5.48. The van der Waals surface area contributed by atoms with Crippen molar-refractivity contribution in [3.8, 4) is 0 Å². The van der Waals surface area contributed by atoms with Gasteiger partial charge in [-0.1, -0.05) is 60.9 Å². The minimum absolute atomic E-state index is 0.333. The highest BCUT2D eigenvalue weighted by atomic mass is 16.2. The first-order valence-electron chi connectivity index (χ1n) is 7.91. The van der Waals surface area contributed by atoms with Crippen molar-refractivity contribution in [2.24, 2.45) is 5.92 Å². The van der Waals surface area contributed by atoms with Gasteiger partial charge in [-0.25, -0.2) is 0 Å². The highest BCUT2D eigenvalue weighted by molar-refractivity contribution is 5.24. The molecule has 0 spiro atoms. The molecule has 2 aliphatic rings. The van der Waals surface area contributed by atoms with E-state index >= 15 is 0 Å².